The van der Waals surface area contributed by atoms with E-state index >= 15 is 0 Å². The van der Waals surface area contributed by atoms with Crippen molar-refractivity contribution in [2.75, 3.05) is 19.7 Å². The van der Waals surface area contributed by atoms with Gasteiger partial charge in [-0.25, -0.2) is 0 Å². The van der Waals surface area contributed by atoms with Gasteiger partial charge in [0.15, 0.2) is 0 Å². The van der Waals surface area contributed by atoms with Gasteiger partial charge in [-0.15, -0.1) is 11.3 Å². The smallest absolute Gasteiger partial charge is 0.395 e. The van der Waals surface area contributed by atoms with E-state index in [-0.39, 0.29) is 6.54 Å². The molecule has 1 aromatic rings. The van der Waals surface area contributed by atoms with Gasteiger partial charge in [-0.05, 0) is 18.2 Å². The summed E-state index contributed by atoms with van der Waals surface area (Å²) in [6.07, 6.45) is -2.08. The summed E-state index contributed by atoms with van der Waals surface area (Å²) in [4.78, 5) is 12.8. The fraction of sp³-hybridized carbons (Fsp3) is 0.364. The Kier molecular flexibility index (Phi) is 5.84. The molecule has 1 rings (SSSR count). The maximum absolute atomic E-state index is 12.2. The SMILES string of the molecule is O=C(/C=C/c1ccc(Cl)s1)N(CCO)CC(F)(F)F. The Balaban J connectivity index is 2.69. The van der Waals surface area contributed by atoms with Gasteiger partial charge in [-0.1, -0.05) is 11.6 Å². The predicted molar refractivity (Wildman–Crippen MR) is 68.1 cm³/mol. The van der Waals surface area contributed by atoms with Crippen molar-refractivity contribution in [2.24, 2.45) is 0 Å². The Bertz CT molecular complexity index is 459. The third-order valence-electron chi connectivity index (χ3n) is 2.04. The number of aliphatic hydroxyl groups is 1. The summed E-state index contributed by atoms with van der Waals surface area (Å²) >= 11 is 6.89. The maximum Gasteiger partial charge on any atom is 0.406 e. The molecule has 0 aromatic carbocycles. The van der Waals surface area contributed by atoms with Crippen LogP contribution in [-0.4, -0.2) is 41.8 Å². The van der Waals surface area contributed by atoms with Crippen molar-refractivity contribution in [3.05, 3.63) is 27.4 Å². The van der Waals surface area contributed by atoms with Gasteiger partial charge < -0.3 is 10.0 Å². The largest absolute Gasteiger partial charge is 0.406 e. The summed E-state index contributed by atoms with van der Waals surface area (Å²) in [5.41, 5.74) is 0. The fourth-order valence-electron chi connectivity index (χ4n) is 1.28. The summed E-state index contributed by atoms with van der Waals surface area (Å²) < 4.78 is 37.2. The van der Waals surface area contributed by atoms with Crippen molar-refractivity contribution in [3.63, 3.8) is 0 Å². The molecule has 0 spiro atoms. The Hall–Kier alpha value is -1.05. The van der Waals surface area contributed by atoms with E-state index in [2.05, 4.69) is 0 Å². The van der Waals surface area contributed by atoms with Gasteiger partial charge in [-0.3, -0.25) is 4.79 Å². The second-order valence-corrected chi connectivity index (χ2v) is 5.32. The summed E-state index contributed by atoms with van der Waals surface area (Å²) in [6, 6.07) is 3.27. The highest BCUT2D eigenvalue weighted by Crippen LogP contribution is 2.22. The molecule has 0 aliphatic heterocycles. The Labute approximate surface area is 116 Å². The van der Waals surface area contributed by atoms with Gasteiger partial charge in [-0.2, -0.15) is 13.2 Å². The van der Waals surface area contributed by atoms with E-state index in [0.29, 0.717) is 14.1 Å². The standard InChI is InChI=1S/C11H11ClF3NO2S/c12-9-3-1-8(19-9)2-4-10(18)16(5-6-17)7-11(13,14)15/h1-4,17H,5-7H2/b4-2+. The minimum atomic E-state index is -4.50. The van der Waals surface area contributed by atoms with Crippen LogP contribution in [0.4, 0.5) is 13.2 Å². The molecular formula is C11H11ClF3NO2S. The van der Waals surface area contributed by atoms with E-state index in [4.69, 9.17) is 16.7 Å². The fourth-order valence-corrected chi connectivity index (χ4v) is 2.24. The monoisotopic (exact) mass is 313 g/mol. The summed E-state index contributed by atoms with van der Waals surface area (Å²) in [5.74, 6) is -0.809. The molecule has 0 saturated heterocycles. The Morgan fingerprint density at radius 3 is 2.63 bits per heavy atom. The average Bonchev–Trinajstić information content (AvgIpc) is 2.70. The lowest BCUT2D eigenvalue weighted by molar-refractivity contribution is -0.158. The molecule has 106 valence electrons. The molecule has 0 aliphatic rings. The van der Waals surface area contributed by atoms with Gasteiger partial charge in [0.2, 0.25) is 5.91 Å². The highest BCUT2D eigenvalue weighted by molar-refractivity contribution is 7.17. The normalized spacial score (nSPS) is 12.1. The van der Waals surface area contributed by atoms with E-state index < -0.39 is 25.2 Å². The summed E-state index contributed by atoms with van der Waals surface area (Å²) in [6.45, 7) is -2.28. The second kappa shape index (κ2) is 6.93. The molecule has 1 heterocycles. The number of rotatable bonds is 5. The number of carbonyl (C=O) groups is 1. The third kappa shape index (κ3) is 6.09. The lowest BCUT2D eigenvalue weighted by Crippen LogP contribution is -2.39. The number of hydrogen-bond donors (Lipinski definition) is 1. The van der Waals surface area contributed by atoms with Crippen LogP contribution in [0.5, 0.6) is 0 Å². The van der Waals surface area contributed by atoms with Crippen LogP contribution in [0.15, 0.2) is 18.2 Å². The van der Waals surface area contributed by atoms with Gasteiger partial charge in [0, 0.05) is 17.5 Å². The first-order chi connectivity index (χ1) is 8.81. The molecule has 0 aliphatic carbocycles. The first kappa shape index (κ1) is 16.0. The van der Waals surface area contributed by atoms with Crippen LogP contribution in [-0.2, 0) is 4.79 Å². The lowest BCUT2D eigenvalue weighted by atomic mass is 10.3. The quantitative estimate of drug-likeness (QED) is 0.849. The molecular weight excluding hydrogens is 303 g/mol. The van der Waals surface area contributed by atoms with Gasteiger partial charge in [0.25, 0.3) is 0 Å². The number of carbonyl (C=O) groups excluding carboxylic acids is 1. The topological polar surface area (TPSA) is 40.5 Å². The minimum Gasteiger partial charge on any atom is -0.395 e. The molecule has 1 amide bonds. The highest BCUT2D eigenvalue weighted by Gasteiger charge is 2.32. The van der Waals surface area contributed by atoms with E-state index in [9.17, 15) is 18.0 Å². The molecule has 3 nitrogen and oxygen atoms in total. The van der Waals surface area contributed by atoms with Crippen LogP contribution in [0.25, 0.3) is 6.08 Å². The van der Waals surface area contributed by atoms with Crippen molar-refractivity contribution < 1.29 is 23.1 Å². The molecule has 1 N–H and O–H groups in total. The van der Waals surface area contributed by atoms with Crippen molar-refractivity contribution >= 4 is 34.9 Å². The third-order valence-corrected chi connectivity index (χ3v) is 3.23. The van der Waals surface area contributed by atoms with Crippen molar-refractivity contribution in [2.45, 2.75) is 6.18 Å². The number of aliphatic hydroxyl groups excluding tert-OH is 1. The van der Waals surface area contributed by atoms with Gasteiger partial charge >= 0.3 is 6.18 Å². The minimum absolute atomic E-state index is 0.367. The molecule has 0 saturated carbocycles. The van der Waals surface area contributed by atoms with Crippen LogP contribution in [0.3, 0.4) is 0 Å². The molecule has 0 atom stereocenters. The molecule has 0 radical (unpaired) electrons. The maximum atomic E-state index is 12.2. The van der Waals surface area contributed by atoms with E-state index in [0.717, 1.165) is 6.08 Å². The second-order valence-electron chi connectivity index (χ2n) is 3.57. The molecule has 0 unspecified atom stereocenters. The van der Waals surface area contributed by atoms with Gasteiger partial charge in [0.1, 0.15) is 6.54 Å². The number of hydrogen-bond acceptors (Lipinski definition) is 3. The zero-order valence-electron chi connectivity index (χ0n) is 9.65. The Morgan fingerprint density at radius 2 is 2.16 bits per heavy atom. The van der Waals surface area contributed by atoms with Crippen molar-refractivity contribution in [3.8, 4) is 0 Å². The zero-order chi connectivity index (χ0) is 14.5. The van der Waals surface area contributed by atoms with Crippen LogP contribution in [0.2, 0.25) is 4.34 Å². The summed E-state index contributed by atoms with van der Waals surface area (Å²) in [5, 5.41) is 8.67. The van der Waals surface area contributed by atoms with Crippen molar-refractivity contribution in [1.82, 2.24) is 4.90 Å². The zero-order valence-corrected chi connectivity index (χ0v) is 11.2. The predicted octanol–water partition coefficient (Wildman–Crippen LogP) is 2.80. The van der Waals surface area contributed by atoms with Gasteiger partial charge in [0.05, 0.1) is 10.9 Å². The van der Waals surface area contributed by atoms with E-state index in [1.807, 2.05) is 0 Å². The van der Waals surface area contributed by atoms with Crippen LogP contribution < -0.4 is 0 Å². The van der Waals surface area contributed by atoms with Crippen LogP contribution in [0, 0.1) is 0 Å². The first-order valence-electron chi connectivity index (χ1n) is 5.22. The number of halogens is 4. The highest BCUT2D eigenvalue weighted by atomic mass is 35.5. The average molecular weight is 314 g/mol. The van der Waals surface area contributed by atoms with Crippen LogP contribution in [0.1, 0.15) is 4.88 Å². The number of nitrogens with zero attached hydrogens (tertiary/aromatic N) is 1. The molecule has 0 bridgehead atoms. The number of amides is 1. The lowest BCUT2D eigenvalue weighted by Gasteiger charge is -2.21. The summed E-state index contributed by atoms with van der Waals surface area (Å²) in [7, 11) is 0. The van der Waals surface area contributed by atoms with E-state index in [1.165, 1.54) is 17.4 Å². The Morgan fingerprint density at radius 1 is 1.47 bits per heavy atom. The van der Waals surface area contributed by atoms with E-state index in [1.54, 1.807) is 12.1 Å². The number of thiophene rings is 1. The molecule has 19 heavy (non-hydrogen) atoms. The molecule has 0 fully saturated rings. The van der Waals surface area contributed by atoms with Crippen molar-refractivity contribution in [1.29, 1.82) is 0 Å². The number of alkyl halides is 3. The molecule has 1 aromatic heterocycles. The first-order valence-corrected chi connectivity index (χ1v) is 6.41. The van der Waals surface area contributed by atoms with Crippen LogP contribution >= 0.6 is 22.9 Å². The molecule has 8 heteroatoms.